The van der Waals surface area contributed by atoms with Gasteiger partial charge < -0.3 is 10.4 Å². The molecule has 2 N–H and O–H groups in total. The van der Waals surface area contributed by atoms with Crippen molar-refractivity contribution in [3.8, 4) is 0 Å². The van der Waals surface area contributed by atoms with Gasteiger partial charge in [-0.3, -0.25) is 0 Å². The molecule has 0 heterocycles. The smallest absolute Gasteiger partial charge is 0.0504 e. The second-order valence-electron chi connectivity index (χ2n) is 5.67. The van der Waals surface area contributed by atoms with Gasteiger partial charge in [0.05, 0.1) is 6.61 Å². The normalized spacial score (nSPS) is 17.6. The summed E-state index contributed by atoms with van der Waals surface area (Å²) in [7, 11) is 0. The highest BCUT2D eigenvalue weighted by Crippen LogP contribution is 2.37. The lowest BCUT2D eigenvalue weighted by atomic mass is 9.74. The van der Waals surface area contributed by atoms with Crippen LogP contribution in [0.1, 0.15) is 32.1 Å². The van der Waals surface area contributed by atoms with E-state index in [1.54, 1.807) is 11.8 Å². The van der Waals surface area contributed by atoms with Crippen molar-refractivity contribution < 1.29 is 5.11 Å². The molecule has 0 radical (unpaired) electrons. The van der Waals surface area contributed by atoms with E-state index >= 15 is 0 Å². The zero-order valence-electron chi connectivity index (χ0n) is 12.1. The van der Waals surface area contributed by atoms with E-state index in [1.165, 1.54) is 29.8 Å². The predicted octanol–water partition coefficient (Wildman–Crippen LogP) is 4.32. The lowest BCUT2D eigenvalue weighted by molar-refractivity contribution is 0.0943. The number of thioether (sulfide) groups is 1. The minimum absolute atomic E-state index is 0.0778. The van der Waals surface area contributed by atoms with E-state index in [1.807, 2.05) is 6.08 Å². The maximum absolute atomic E-state index is 9.77. The van der Waals surface area contributed by atoms with Crippen molar-refractivity contribution in [2.75, 3.05) is 24.2 Å². The highest BCUT2D eigenvalue weighted by atomic mass is 32.2. The molecular weight excluding hydrogens is 266 g/mol. The molecule has 1 aromatic carbocycles. The second kappa shape index (κ2) is 7.75. The molecule has 0 amide bonds. The summed E-state index contributed by atoms with van der Waals surface area (Å²) in [6.07, 6.45) is 8.01. The minimum Gasteiger partial charge on any atom is -0.396 e. The Morgan fingerprint density at radius 3 is 2.70 bits per heavy atom. The fraction of sp³-hybridized carbons (Fsp3) is 0.529. The number of nitrogens with one attached hydrogen (secondary N) is 1. The van der Waals surface area contributed by atoms with Gasteiger partial charge in [0.15, 0.2) is 0 Å². The molecule has 20 heavy (non-hydrogen) atoms. The molecule has 2 nitrogen and oxygen atoms in total. The number of aliphatic hydroxyl groups excluding tert-OH is 1. The molecule has 0 bridgehead atoms. The van der Waals surface area contributed by atoms with Gasteiger partial charge in [0, 0.05) is 28.3 Å². The summed E-state index contributed by atoms with van der Waals surface area (Å²) in [6, 6.07) is 8.40. The van der Waals surface area contributed by atoms with Crippen LogP contribution in [0.5, 0.6) is 0 Å². The van der Waals surface area contributed by atoms with Gasteiger partial charge in [0.2, 0.25) is 0 Å². The summed E-state index contributed by atoms with van der Waals surface area (Å²) in [4.78, 5) is 1.26. The molecule has 0 spiro atoms. The summed E-state index contributed by atoms with van der Waals surface area (Å²) in [5.41, 5.74) is 1.26. The Balaban J connectivity index is 2.00. The molecule has 1 aromatic rings. The number of hydrogen-bond donors (Lipinski definition) is 2. The molecule has 0 atom stereocenters. The summed E-state index contributed by atoms with van der Waals surface area (Å²) in [5, 5.41) is 13.3. The maximum atomic E-state index is 9.77. The summed E-state index contributed by atoms with van der Waals surface area (Å²) in [5.74, 6) is 0.920. The molecule has 1 aliphatic rings. The van der Waals surface area contributed by atoms with Crippen molar-refractivity contribution in [1.82, 2.24) is 0 Å². The Labute approximate surface area is 126 Å². The molecule has 3 heteroatoms. The monoisotopic (exact) mass is 291 g/mol. The number of hydrogen-bond acceptors (Lipinski definition) is 3. The van der Waals surface area contributed by atoms with E-state index in [0.717, 1.165) is 25.1 Å². The second-order valence-corrected chi connectivity index (χ2v) is 6.73. The molecule has 110 valence electrons. The van der Waals surface area contributed by atoms with Gasteiger partial charge >= 0.3 is 0 Å². The van der Waals surface area contributed by atoms with Gasteiger partial charge in [-0.25, -0.2) is 0 Å². The van der Waals surface area contributed by atoms with Gasteiger partial charge in [-0.1, -0.05) is 37.5 Å². The molecule has 1 fully saturated rings. The van der Waals surface area contributed by atoms with E-state index in [4.69, 9.17) is 0 Å². The SMILES string of the molecule is C=CCSc1ccccc1NCC1(CO)CCCCC1. The summed E-state index contributed by atoms with van der Waals surface area (Å²) in [6.45, 7) is 4.94. The molecule has 0 aliphatic heterocycles. The van der Waals surface area contributed by atoms with Gasteiger partial charge in [-0.2, -0.15) is 0 Å². The Morgan fingerprint density at radius 1 is 1.25 bits per heavy atom. The van der Waals surface area contributed by atoms with E-state index in [-0.39, 0.29) is 5.41 Å². The van der Waals surface area contributed by atoms with Crippen LogP contribution >= 0.6 is 11.8 Å². The van der Waals surface area contributed by atoms with Crippen LogP contribution in [0.25, 0.3) is 0 Å². The van der Waals surface area contributed by atoms with Crippen LogP contribution in [0.4, 0.5) is 5.69 Å². The summed E-state index contributed by atoms with van der Waals surface area (Å²) >= 11 is 1.80. The van der Waals surface area contributed by atoms with Gasteiger partial charge in [0.25, 0.3) is 0 Å². The molecule has 0 saturated heterocycles. The van der Waals surface area contributed by atoms with Crippen LogP contribution in [-0.4, -0.2) is 24.0 Å². The van der Waals surface area contributed by atoms with E-state index in [0.29, 0.717) is 6.61 Å². The van der Waals surface area contributed by atoms with Crippen LogP contribution in [0.15, 0.2) is 41.8 Å². The number of aliphatic hydroxyl groups is 1. The van der Waals surface area contributed by atoms with Crippen LogP contribution in [0, 0.1) is 5.41 Å². The molecular formula is C17H25NOS. The number of anilines is 1. The first kappa shape index (κ1) is 15.5. The van der Waals surface area contributed by atoms with Crippen molar-refractivity contribution in [2.45, 2.75) is 37.0 Å². The maximum Gasteiger partial charge on any atom is 0.0504 e. The fourth-order valence-electron chi connectivity index (χ4n) is 2.86. The number of benzene rings is 1. The van der Waals surface area contributed by atoms with Gasteiger partial charge in [-0.05, 0) is 25.0 Å². The molecule has 0 unspecified atom stereocenters. The largest absolute Gasteiger partial charge is 0.396 e. The third-order valence-corrected chi connectivity index (χ3v) is 5.22. The van der Waals surface area contributed by atoms with Crippen LogP contribution in [0.3, 0.4) is 0 Å². The Morgan fingerprint density at radius 2 is 2.00 bits per heavy atom. The highest BCUT2D eigenvalue weighted by molar-refractivity contribution is 7.99. The molecule has 2 rings (SSSR count). The first-order valence-corrected chi connectivity index (χ1v) is 8.46. The van der Waals surface area contributed by atoms with Crippen molar-refractivity contribution >= 4 is 17.4 Å². The van der Waals surface area contributed by atoms with Crippen molar-refractivity contribution in [3.63, 3.8) is 0 Å². The Hall–Kier alpha value is -0.930. The first-order chi connectivity index (χ1) is 9.79. The first-order valence-electron chi connectivity index (χ1n) is 7.47. The quantitative estimate of drug-likeness (QED) is 0.579. The highest BCUT2D eigenvalue weighted by Gasteiger charge is 2.31. The minimum atomic E-state index is 0.0778. The fourth-order valence-corrected chi connectivity index (χ4v) is 3.63. The summed E-state index contributed by atoms with van der Waals surface area (Å²) < 4.78 is 0. The van der Waals surface area contributed by atoms with E-state index in [9.17, 15) is 5.11 Å². The third-order valence-electron chi connectivity index (χ3n) is 4.15. The van der Waals surface area contributed by atoms with Gasteiger partial charge in [0.1, 0.15) is 0 Å². The van der Waals surface area contributed by atoms with Crippen LogP contribution in [0.2, 0.25) is 0 Å². The lowest BCUT2D eigenvalue weighted by Crippen LogP contribution is -2.35. The standard InChI is InChI=1S/C17H25NOS/c1-2-12-20-16-9-5-4-8-15(16)18-13-17(14-19)10-6-3-7-11-17/h2,4-5,8-9,18-19H,1,3,6-7,10-14H2. The van der Waals surface area contributed by atoms with Crippen molar-refractivity contribution in [2.24, 2.45) is 5.41 Å². The van der Waals surface area contributed by atoms with Crippen LogP contribution < -0.4 is 5.32 Å². The topological polar surface area (TPSA) is 32.3 Å². The Bertz CT molecular complexity index is 427. The van der Waals surface area contributed by atoms with Gasteiger partial charge in [-0.15, -0.1) is 18.3 Å². The number of para-hydroxylation sites is 1. The molecule has 1 saturated carbocycles. The van der Waals surface area contributed by atoms with E-state index in [2.05, 4.69) is 36.2 Å². The molecule has 0 aromatic heterocycles. The average Bonchev–Trinajstić information content (AvgIpc) is 2.52. The predicted molar refractivity (Wildman–Crippen MR) is 88.5 cm³/mol. The Kier molecular flexibility index (Phi) is 5.99. The average molecular weight is 291 g/mol. The third kappa shape index (κ3) is 4.03. The van der Waals surface area contributed by atoms with Crippen molar-refractivity contribution in [3.05, 3.63) is 36.9 Å². The van der Waals surface area contributed by atoms with Crippen molar-refractivity contribution in [1.29, 1.82) is 0 Å². The lowest BCUT2D eigenvalue weighted by Gasteiger charge is -2.36. The number of rotatable bonds is 7. The van der Waals surface area contributed by atoms with Crippen LogP contribution in [-0.2, 0) is 0 Å². The zero-order chi connectivity index (χ0) is 14.3. The molecule has 1 aliphatic carbocycles. The van der Waals surface area contributed by atoms with E-state index < -0.39 is 0 Å². The zero-order valence-corrected chi connectivity index (χ0v) is 12.9.